The number of imide groups is 2. The van der Waals surface area contributed by atoms with Crippen molar-refractivity contribution in [2.75, 3.05) is 6.54 Å². The number of carbonyl (C=O) groups is 4. The number of urea groups is 2. The van der Waals surface area contributed by atoms with E-state index in [2.05, 4.69) is 16.0 Å². The number of hydrogen-bond acceptors (Lipinski definition) is 4. The van der Waals surface area contributed by atoms with Crippen molar-refractivity contribution in [2.24, 2.45) is 0 Å². The molecule has 1 aromatic carbocycles. The third kappa shape index (κ3) is 4.27. The molecule has 1 atom stereocenters. The maximum Gasteiger partial charge on any atom is 0.325 e. The first kappa shape index (κ1) is 20.1. The predicted molar refractivity (Wildman–Crippen MR) is 103 cm³/mol. The second kappa shape index (κ2) is 8.18. The van der Waals surface area contributed by atoms with Crippen molar-refractivity contribution in [1.29, 1.82) is 0 Å². The van der Waals surface area contributed by atoms with E-state index in [4.69, 9.17) is 11.6 Å². The Kier molecular flexibility index (Phi) is 5.88. The number of nitrogens with zero attached hydrogens (tertiary/aromatic N) is 1. The van der Waals surface area contributed by atoms with Gasteiger partial charge in [0.05, 0.1) is 0 Å². The van der Waals surface area contributed by atoms with E-state index in [1.165, 1.54) is 0 Å². The van der Waals surface area contributed by atoms with E-state index in [1.807, 2.05) is 0 Å². The highest BCUT2D eigenvalue weighted by Gasteiger charge is 2.49. The Bertz CT molecular complexity index is 792. The van der Waals surface area contributed by atoms with Crippen molar-refractivity contribution in [1.82, 2.24) is 20.9 Å². The summed E-state index contributed by atoms with van der Waals surface area (Å²) < 4.78 is 0. The van der Waals surface area contributed by atoms with Crippen LogP contribution in [0.25, 0.3) is 0 Å². The molecule has 1 heterocycles. The fourth-order valence-electron chi connectivity index (χ4n) is 3.60. The predicted octanol–water partition coefficient (Wildman–Crippen LogP) is 2.27. The van der Waals surface area contributed by atoms with Gasteiger partial charge < -0.3 is 10.6 Å². The molecular formula is C19H23ClN4O4. The molecule has 1 saturated carbocycles. The molecular weight excluding hydrogens is 384 g/mol. The summed E-state index contributed by atoms with van der Waals surface area (Å²) >= 11 is 5.87. The smallest absolute Gasteiger partial charge is 0.325 e. The normalized spacial score (nSPS) is 22.7. The molecule has 0 spiro atoms. The van der Waals surface area contributed by atoms with Crippen LogP contribution < -0.4 is 16.0 Å². The van der Waals surface area contributed by atoms with Crippen LogP contribution in [0, 0.1) is 0 Å². The third-order valence-corrected chi connectivity index (χ3v) is 5.44. The van der Waals surface area contributed by atoms with Crippen molar-refractivity contribution >= 4 is 35.5 Å². The molecule has 0 radical (unpaired) electrons. The summed E-state index contributed by atoms with van der Waals surface area (Å²) in [5.74, 6) is -1.29. The molecule has 6 amide bonds. The summed E-state index contributed by atoms with van der Waals surface area (Å²) in [5, 5.41) is 8.05. The Morgan fingerprint density at radius 3 is 2.46 bits per heavy atom. The maximum absolute atomic E-state index is 12.8. The highest BCUT2D eigenvalue weighted by atomic mass is 35.5. The summed E-state index contributed by atoms with van der Waals surface area (Å²) in [7, 11) is 0. The van der Waals surface area contributed by atoms with Gasteiger partial charge in [-0.1, -0.05) is 43.0 Å². The molecule has 1 aliphatic heterocycles. The van der Waals surface area contributed by atoms with Gasteiger partial charge in [0.2, 0.25) is 5.91 Å². The van der Waals surface area contributed by atoms with Gasteiger partial charge >= 0.3 is 12.1 Å². The zero-order chi connectivity index (χ0) is 20.3. The van der Waals surface area contributed by atoms with Crippen molar-refractivity contribution in [3.05, 3.63) is 34.9 Å². The lowest BCUT2D eigenvalue weighted by Gasteiger charge is -2.23. The molecule has 0 aromatic heterocycles. The van der Waals surface area contributed by atoms with Crippen LogP contribution in [0.2, 0.25) is 5.02 Å². The van der Waals surface area contributed by atoms with Gasteiger partial charge in [0, 0.05) is 11.1 Å². The minimum absolute atomic E-state index is 0.0477. The Hall–Kier alpha value is -2.61. The van der Waals surface area contributed by atoms with E-state index >= 15 is 0 Å². The first-order valence-electron chi connectivity index (χ1n) is 9.30. The number of hydrogen-bond donors (Lipinski definition) is 3. The highest BCUT2D eigenvalue weighted by Crippen LogP contribution is 2.29. The van der Waals surface area contributed by atoms with Crippen molar-refractivity contribution in [3.8, 4) is 0 Å². The molecule has 1 aliphatic carbocycles. The topological polar surface area (TPSA) is 108 Å². The van der Waals surface area contributed by atoms with Crippen LogP contribution >= 0.6 is 11.6 Å². The van der Waals surface area contributed by atoms with Crippen LogP contribution in [0.5, 0.6) is 0 Å². The lowest BCUT2D eigenvalue weighted by molar-refractivity contribution is -0.134. The van der Waals surface area contributed by atoms with Crippen molar-refractivity contribution in [3.63, 3.8) is 0 Å². The second-order valence-corrected chi connectivity index (χ2v) is 7.75. The fourth-order valence-corrected chi connectivity index (χ4v) is 3.72. The number of benzene rings is 1. The van der Waals surface area contributed by atoms with Gasteiger partial charge in [-0.3, -0.25) is 19.8 Å². The van der Waals surface area contributed by atoms with Crippen molar-refractivity contribution < 1.29 is 19.2 Å². The molecule has 8 nitrogen and oxygen atoms in total. The Labute approximate surface area is 168 Å². The van der Waals surface area contributed by atoms with E-state index < -0.39 is 36.0 Å². The third-order valence-electron chi connectivity index (χ3n) is 5.19. The molecule has 9 heteroatoms. The Morgan fingerprint density at radius 2 is 1.82 bits per heavy atom. The van der Waals surface area contributed by atoms with Gasteiger partial charge in [-0.05, 0) is 37.5 Å². The first-order chi connectivity index (χ1) is 13.3. The van der Waals surface area contributed by atoms with Crippen LogP contribution in [0.15, 0.2) is 24.3 Å². The minimum atomic E-state index is -1.30. The molecule has 3 rings (SSSR count). The van der Waals surface area contributed by atoms with Crippen LogP contribution in [-0.2, 0) is 15.1 Å². The van der Waals surface area contributed by atoms with Crippen molar-refractivity contribution in [2.45, 2.75) is 50.6 Å². The van der Waals surface area contributed by atoms with E-state index in [9.17, 15) is 19.2 Å². The van der Waals surface area contributed by atoms with E-state index in [0.717, 1.165) is 37.0 Å². The van der Waals surface area contributed by atoms with Crippen LogP contribution in [-0.4, -0.2) is 41.4 Å². The molecule has 2 aliphatic rings. The molecule has 3 N–H and O–H groups in total. The molecule has 28 heavy (non-hydrogen) atoms. The number of amides is 6. The SMILES string of the molecule is CC1(c2ccc(Cl)cc2)NC(=O)N(CC(=O)NC(=O)NC2CCCCC2)C1=O. The zero-order valence-corrected chi connectivity index (χ0v) is 16.3. The summed E-state index contributed by atoms with van der Waals surface area (Å²) in [6.45, 7) is 1.02. The lowest BCUT2D eigenvalue weighted by Crippen LogP contribution is -2.49. The number of rotatable bonds is 4. The molecule has 1 unspecified atom stereocenters. The molecule has 1 aromatic rings. The monoisotopic (exact) mass is 406 g/mol. The van der Waals surface area contributed by atoms with Gasteiger partial charge in [0.15, 0.2) is 0 Å². The van der Waals surface area contributed by atoms with Crippen LogP contribution in [0.3, 0.4) is 0 Å². The number of nitrogens with one attached hydrogen (secondary N) is 3. The van der Waals surface area contributed by atoms with E-state index in [1.54, 1.807) is 31.2 Å². The molecule has 0 bridgehead atoms. The van der Waals surface area contributed by atoms with Gasteiger partial charge in [-0.25, -0.2) is 9.59 Å². The minimum Gasteiger partial charge on any atom is -0.335 e. The number of halogens is 1. The van der Waals surface area contributed by atoms with Gasteiger partial charge in [-0.15, -0.1) is 0 Å². The standard InChI is InChI=1S/C19H23ClN4O4/c1-19(12-7-9-13(20)10-8-12)16(26)24(18(28)23-19)11-15(25)22-17(27)21-14-5-3-2-4-6-14/h7-10,14H,2-6,11H2,1H3,(H,23,28)(H2,21,22,25,27). The molecule has 150 valence electrons. The fraction of sp³-hybridized carbons (Fsp3) is 0.474. The van der Waals surface area contributed by atoms with E-state index in [-0.39, 0.29) is 6.04 Å². The number of carbonyl (C=O) groups excluding carboxylic acids is 4. The Morgan fingerprint density at radius 1 is 1.18 bits per heavy atom. The summed E-state index contributed by atoms with van der Waals surface area (Å²) in [6.07, 6.45) is 5.01. The summed E-state index contributed by atoms with van der Waals surface area (Å²) in [5.41, 5.74) is -0.750. The van der Waals surface area contributed by atoms with Gasteiger partial charge in [0.1, 0.15) is 12.1 Å². The maximum atomic E-state index is 12.8. The van der Waals surface area contributed by atoms with Crippen LogP contribution in [0.4, 0.5) is 9.59 Å². The average molecular weight is 407 g/mol. The Balaban J connectivity index is 1.59. The quantitative estimate of drug-likeness (QED) is 0.666. The highest BCUT2D eigenvalue weighted by molar-refractivity contribution is 6.30. The largest absolute Gasteiger partial charge is 0.335 e. The second-order valence-electron chi connectivity index (χ2n) is 7.31. The average Bonchev–Trinajstić information content (AvgIpc) is 2.87. The molecule has 2 fully saturated rings. The first-order valence-corrected chi connectivity index (χ1v) is 9.68. The van der Waals surface area contributed by atoms with Crippen LogP contribution in [0.1, 0.15) is 44.6 Å². The van der Waals surface area contributed by atoms with Gasteiger partial charge in [-0.2, -0.15) is 0 Å². The summed E-state index contributed by atoms with van der Waals surface area (Å²) in [6, 6.07) is 5.27. The lowest BCUT2D eigenvalue weighted by atomic mass is 9.92. The summed E-state index contributed by atoms with van der Waals surface area (Å²) in [4.78, 5) is 50.0. The molecule has 1 saturated heterocycles. The van der Waals surface area contributed by atoms with Gasteiger partial charge in [0.25, 0.3) is 5.91 Å². The zero-order valence-electron chi connectivity index (χ0n) is 15.6. The van der Waals surface area contributed by atoms with E-state index in [0.29, 0.717) is 10.6 Å².